The van der Waals surface area contributed by atoms with Crippen molar-refractivity contribution in [2.24, 2.45) is 13.0 Å². The number of aromatic nitrogens is 2. The summed E-state index contributed by atoms with van der Waals surface area (Å²) in [5.41, 5.74) is 1.39. The van der Waals surface area contributed by atoms with Crippen LogP contribution in [-0.2, 0) is 11.8 Å². The third-order valence-electron chi connectivity index (χ3n) is 6.39. The highest BCUT2D eigenvalue weighted by Crippen LogP contribution is 2.51. The van der Waals surface area contributed by atoms with Crippen molar-refractivity contribution in [3.8, 4) is 11.8 Å². The molecule has 4 heterocycles. The monoisotopic (exact) mass is 409 g/mol. The molecule has 2 aromatic rings. The third kappa shape index (κ3) is 2.57. The zero-order chi connectivity index (χ0) is 21.0. The number of nitrogens with zero attached hydrogens (tertiary/aromatic N) is 5. The summed E-state index contributed by atoms with van der Waals surface area (Å²) < 4.78 is 14.1. The summed E-state index contributed by atoms with van der Waals surface area (Å²) >= 11 is 0. The number of rotatable bonds is 3. The molecule has 0 aliphatic carbocycles. The Balaban J connectivity index is 1.46. The Morgan fingerprint density at radius 2 is 1.90 bits per heavy atom. The molecule has 0 N–H and O–H groups in total. The van der Waals surface area contributed by atoms with E-state index >= 15 is 0 Å². The first-order chi connectivity index (χ1) is 14.5. The highest BCUT2D eigenvalue weighted by Gasteiger charge is 2.49. The number of hydrogen-bond acceptors (Lipinski definition) is 7. The molecule has 2 fully saturated rings. The zero-order valence-corrected chi connectivity index (χ0v) is 16.9. The standard InChI is InChI=1S/C21H23N5O4/c1-23-18-17(16-11-13(12-22)19(18)30-16)20(27)26(21(23)28)25-9-7-24(8-10-25)14-5-3-4-6-15(14)29-2/h3-6,13,16,19H,7-11H2,1-2H3/t13-,16+,19-/m0/s1. The molecule has 0 spiro atoms. The van der Waals surface area contributed by atoms with Crippen LogP contribution in [0.4, 0.5) is 5.69 Å². The fourth-order valence-electron chi connectivity index (χ4n) is 4.90. The Morgan fingerprint density at radius 3 is 2.60 bits per heavy atom. The maximum atomic E-state index is 13.3. The maximum Gasteiger partial charge on any atom is 0.350 e. The molecule has 156 valence electrons. The van der Waals surface area contributed by atoms with Crippen LogP contribution in [0.3, 0.4) is 0 Å². The normalized spacial score (nSPS) is 24.6. The number of benzene rings is 1. The molecule has 3 atom stereocenters. The number of nitriles is 1. The molecular formula is C21H23N5O4. The van der Waals surface area contributed by atoms with Crippen LogP contribution in [0.2, 0.25) is 0 Å². The highest BCUT2D eigenvalue weighted by molar-refractivity contribution is 5.59. The van der Waals surface area contributed by atoms with Gasteiger partial charge in [0.25, 0.3) is 5.56 Å². The van der Waals surface area contributed by atoms with Gasteiger partial charge in [0.2, 0.25) is 0 Å². The van der Waals surface area contributed by atoms with E-state index in [0.29, 0.717) is 43.9 Å². The smallest absolute Gasteiger partial charge is 0.350 e. The first-order valence-electron chi connectivity index (χ1n) is 10.1. The van der Waals surface area contributed by atoms with Gasteiger partial charge in [0.05, 0.1) is 55.2 Å². The lowest BCUT2D eigenvalue weighted by Crippen LogP contribution is -2.60. The van der Waals surface area contributed by atoms with Gasteiger partial charge in [0.1, 0.15) is 11.9 Å². The Bertz CT molecular complexity index is 1160. The van der Waals surface area contributed by atoms with Crippen molar-refractivity contribution in [2.75, 3.05) is 43.2 Å². The number of para-hydroxylation sites is 2. The molecule has 5 rings (SSSR count). The topological polar surface area (TPSA) is 92.7 Å². The van der Waals surface area contributed by atoms with Crippen LogP contribution in [0.15, 0.2) is 33.9 Å². The van der Waals surface area contributed by atoms with Gasteiger partial charge in [-0.25, -0.2) is 4.79 Å². The van der Waals surface area contributed by atoms with Crippen molar-refractivity contribution in [1.29, 1.82) is 5.26 Å². The summed E-state index contributed by atoms with van der Waals surface area (Å²) in [5.74, 6) is 0.490. The summed E-state index contributed by atoms with van der Waals surface area (Å²) in [5, 5.41) is 11.1. The van der Waals surface area contributed by atoms with Crippen molar-refractivity contribution in [1.82, 2.24) is 9.24 Å². The molecule has 1 aromatic carbocycles. The average Bonchev–Trinajstić information content (AvgIpc) is 3.37. The van der Waals surface area contributed by atoms with Crippen LogP contribution >= 0.6 is 0 Å². The lowest BCUT2D eigenvalue weighted by Gasteiger charge is -2.38. The molecule has 1 aromatic heterocycles. The Labute approximate surface area is 173 Å². The second-order valence-corrected chi connectivity index (χ2v) is 7.89. The van der Waals surface area contributed by atoms with Gasteiger partial charge in [-0.3, -0.25) is 9.36 Å². The number of methoxy groups -OCH3 is 1. The van der Waals surface area contributed by atoms with Crippen LogP contribution in [-0.4, -0.2) is 42.5 Å². The van der Waals surface area contributed by atoms with E-state index in [1.165, 1.54) is 9.24 Å². The molecule has 30 heavy (non-hydrogen) atoms. The molecule has 0 saturated carbocycles. The molecule has 3 aliphatic rings. The van der Waals surface area contributed by atoms with Gasteiger partial charge in [0, 0.05) is 20.1 Å². The average molecular weight is 409 g/mol. The first-order valence-corrected chi connectivity index (χ1v) is 10.1. The molecule has 3 aliphatic heterocycles. The molecule has 9 heteroatoms. The van der Waals surface area contributed by atoms with Gasteiger partial charge in [-0.15, -0.1) is 0 Å². The molecule has 2 saturated heterocycles. The second-order valence-electron chi connectivity index (χ2n) is 7.89. The predicted octanol–water partition coefficient (Wildman–Crippen LogP) is 0.670. The summed E-state index contributed by atoms with van der Waals surface area (Å²) in [6.07, 6.45) is -0.393. The van der Waals surface area contributed by atoms with Crippen molar-refractivity contribution in [3.05, 3.63) is 56.4 Å². The number of piperazine rings is 1. The largest absolute Gasteiger partial charge is 0.495 e. The molecule has 0 radical (unpaired) electrons. The number of fused-ring (bicyclic) bond motifs is 5. The second kappa shape index (κ2) is 6.92. The van der Waals surface area contributed by atoms with E-state index in [1.807, 2.05) is 29.3 Å². The van der Waals surface area contributed by atoms with Gasteiger partial charge in [-0.05, 0) is 18.6 Å². The van der Waals surface area contributed by atoms with Crippen LogP contribution in [0, 0.1) is 17.2 Å². The van der Waals surface area contributed by atoms with E-state index in [4.69, 9.17) is 9.47 Å². The van der Waals surface area contributed by atoms with Gasteiger partial charge in [-0.1, -0.05) is 12.1 Å². The van der Waals surface area contributed by atoms with Crippen molar-refractivity contribution in [3.63, 3.8) is 0 Å². The minimum Gasteiger partial charge on any atom is -0.495 e. The van der Waals surface area contributed by atoms with Crippen molar-refractivity contribution in [2.45, 2.75) is 18.6 Å². The van der Waals surface area contributed by atoms with Crippen LogP contribution in [0.1, 0.15) is 29.9 Å². The van der Waals surface area contributed by atoms with E-state index in [2.05, 4.69) is 11.0 Å². The maximum absolute atomic E-state index is 13.3. The van der Waals surface area contributed by atoms with Gasteiger partial charge >= 0.3 is 5.69 Å². The van der Waals surface area contributed by atoms with E-state index in [1.54, 1.807) is 14.2 Å². The van der Waals surface area contributed by atoms with Gasteiger partial charge in [-0.2, -0.15) is 9.94 Å². The van der Waals surface area contributed by atoms with Crippen LogP contribution < -0.4 is 25.9 Å². The van der Waals surface area contributed by atoms with Crippen molar-refractivity contribution < 1.29 is 9.47 Å². The quantitative estimate of drug-likeness (QED) is 0.736. The summed E-state index contributed by atoms with van der Waals surface area (Å²) in [4.78, 5) is 28.6. The molecule has 0 unspecified atom stereocenters. The summed E-state index contributed by atoms with van der Waals surface area (Å²) in [7, 11) is 3.30. The zero-order valence-electron chi connectivity index (χ0n) is 16.9. The Hall–Kier alpha value is -3.25. The Kier molecular flexibility index (Phi) is 4.33. The Morgan fingerprint density at radius 1 is 1.17 bits per heavy atom. The van der Waals surface area contributed by atoms with E-state index in [-0.39, 0.29) is 11.5 Å². The molecule has 9 nitrogen and oxygen atoms in total. The molecule has 2 bridgehead atoms. The lowest BCUT2D eigenvalue weighted by atomic mass is 9.88. The highest BCUT2D eigenvalue weighted by atomic mass is 16.5. The predicted molar refractivity (Wildman–Crippen MR) is 109 cm³/mol. The first kappa shape index (κ1) is 18.8. The minimum atomic E-state index is -0.488. The number of anilines is 1. The SMILES string of the molecule is COc1ccccc1N1CCN(n2c(=O)c3c(n(C)c2=O)[C@H]2O[C@@H]3C[C@H]2C#N)CC1. The summed E-state index contributed by atoms with van der Waals surface area (Å²) in [6, 6.07) is 10.1. The van der Waals surface area contributed by atoms with Crippen molar-refractivity contribution >= 4 is 5.69 Å². The fraction of sp³-hybridized carbons (Fsp3) is 0.476. The lowest BCUT2D eigenvalue weighted by molar-refractivity contribution is 0.0625. The molecule has 0 amide bonds. The van der Waals surface area contributed by atoms with E-state index in [0.717, 1.165) is 11.4 Å². The summed E-state index contributed by atoms with van der Waals surface area (Å²) in [6.45, 7) is 2.38. The van der Waals surface area contributed by atoms with E-state index < -0.39 is 17.9 Å². The number of hydrogen-bond donors (Lipinski definition) is 0. The van der Waals surface area contributed by atoms with Crippen LogP contribution in [0.25, 0.3) is 0 Å². The molecular weight excluding hydrogens is 386 g/mol. The fourth-order valence-corrected chi connectivity index (χ4v) is 4.90. The third-order valence-corrected chi connectivity index (χ3v) is 6.39. The minimum absolute atomic E-state index is 0.312. The number of ether oxygens (including phenoxy) is 2. The van der Waals surface area contributed by atoms with E-state index in [9.17, 15) is 14.9 Å². The van der Waals surface area contributed by atoms with Gasteiger partial charge < -0.3 is 19.4 Å². The van der Waals surface area contributed by atoms with Gasteiger partial charge in [0.15, 0.2) is 0 Å². The van der Waals surface area contributed by atoms with Crippen LogP contribution in [0.5, 0.6) is 5.75 Å².